The first kappa shape index (κ1) is 19.7. The van der Waals surface area contributed by atoms with Gasteiger partial charge in [0.1, 0.15) is 0 Å². The van der Waals surface area contributed by atoms with Crippen LogP contribution in [0.3, 0.4) is 0 Å². The number of hydrogen-bond acceptors (Lipinski definition) is 2. The molecule has 0 bridgehead atoms. The van der Waals surface area contributed by atoms with Gasteiger partial charge in [-0.3, -0.25) is 0 Å². The van der Waals surface area contributed by atoms with Gasteiger partial charge in [0.25, 0.3) is 0 Å². The summed E-state index contributed by atoms with van der Waals surface area (Å²) in [7, 11) is 0. The average Bonchev–Trinajstić information content (AvgIpc) is 2.92. The van der Waals surface area contributed by atoms with Crippen molar-refractivity contribution in [2.75, 3.05) is 0 Å². The van der Waals surface area contributed by atoms with Crippen molar-refractivity contribution in [2.24, 2.45) is 5.92 Å². The lowest BCUT2D eigenvalue weighted by Crippen LogP contribution is -2.33. The fraction of sp³-hybridized carbons (Fsp3) is 0.304. The molecule has 28 heavy (non-hydrogen) atoms. The zero-order valence-corrected chi connectivity index (χ0v) is 16.9. The molecule has 5 nitrogen and oxygen atoms in total. The van der Waals surface area contributed by atoms with Gasteiger partial charge in [-0.25, -0.2) is 23.5 Å². The van der Waals surface area contributed by atoms with Crippen molar-refractivity contribution in [3.8, 4) is 5.69 Å². The number of fused-ring (bicyclic) bond motifs is 1. The lowest BCUT2D eigenvalue weighted by atomic mass is 10.0. The molecular formula is C23H27N3O2. The minimum absolute atomic E-state index is 0.220. The van der Waals surface area contributed by atoms with E-state index < -0.39 is 0 Å². The third kappa shape index (κ3) is 3.93. The number of hydrogen-bond donors (Lipinski definition) is 0. The Balaban J connectivity index is 1.99. The molecule has 0 N–H and O–H groups in total. The molecule has 0 fully saturated rings. The molecule has 0 amide bonds. The maximum absolute atomic E-state index is 13.1. The van der Waals surface area contributed by atoms with Crippen LogP contribution in [0.1, 0.15) is 33.7 Å². The first-order valence-electron chi connectivity index (χ1n) is 9.56. The number of allylic oxidation sites excluding steroid dienone is 8. The summed E-state index contributed by atoms with van der Waals surface area (Å²) < 4.78 is 4.32. The summed E-state index contributed by atoms with van der Waals surface area (Å²) in [6, 6.07) is 8.79. The predicted octanol–water partition coefficient (Wildman–Crippen LogP) is 4.02. The molecule has 2 aromatic rings. The summed E-state index contributed by atoms with van der Waals surface area (Å²) in [5, 5.41) is 0. The van der Waals surface area contributed by atoms with Crippen LogP contribution in [-0.2, 0) is 6.54 Å². The monoisotopic (exact) mass is 377 g/mol. The summed E-state index contributed by atoms with van der Waals surface area (Å²) in [6.07, 6.45) is 12.3. The Labute approximate surface area is 165 Å². The molecule has 1 aliphatic heterocycles. The van der Waals surface area contributed by atoms with E-state index in [4.69, 9.17) is 0 Å². The Morgan fingerprint density at radius 1 is 1.11 bits per heavy atom. The summed E-state index contributed by atoms with van der Waals surface area (Å²) in [5.74, 6) is 0.220. The zero-order chi connectivity index (χ0) is 20.3. The van der Waals surface area contributed by atoms with Crippen molar-refractivity contribution in [3.05, 3.63) is 98.9 Å². The first-order chi connectivity index (χ1) is 13.4. The van der Waals surface area contributed by atoms with E-state index in [1.165, 1.54) is 14.8 Å². The van der Waals surface area contributed by atoms with Gasteiger partial charge in [-0.1, -0.05) is 67.2 Å². The SMILES string of the molecule is CC(C)=C/C=C\C(C)/C=C/C1C(C)=CCn2c(=O)n(-c3ccccc3)c(=O)n21. The molecule has 5 heteroatoms. The quantitative estimate of drug-likeness (QED) is 0.584. The second kappa shape index (κ2) is 8.30. The van der Waals surface area contributed by atoms with E-state index in [1.54, 1.807) is 16.8 Å². The van der Waals surface area contributed by atoms with Gasteiger partial charge in [0.05, 0.1) is 18.3 Å². The largest absolute Gasteiger partial charge is 0.352 e. The molecule has 0 saturated carbocycles. The van der Waals surface area contributed by atoms with Gasteiger partial charge in [0.2, 0.25) is 0 Å². The lowest BCUT2D eigenvalue weighted by molar-refractivity contribution is 0.428. The van der Waals surface area contributed by atoms with Gasteiger partial charge >= 0.3 is 11.4 Å². The van der Waals surface area contributed by atoms with E-state index in [0.717, 1.165) is 5.57 Å². The van der Waals surface area contributed by atoms with Gasteiger partial charge < -0.3 is 0 Å². The van der Waals surface area contributed by atoms with Gasteiger partial charge in [-0.2, -0.15) is 0 Å². The van der Waals surface area contributed by atoms with Crippen molar-refractivity contribution in [3.63, 3.8) is 0 Å². The molecule has 3 rings (SSSR count). The average molecular weight is 377 g/mol. The maximum Gasteiger partial charge on any atom is 0.352 e. The summed E-state index contributed by atoms with van der Waals surface area (Å²) >= 11 is 0. The second-order valence-electron chi connectivity index (χ2n) is 7.43. The van der Waals surface area contributed by atoms with Gasteiger partial charge in [0, 0.05) is 0 Å². The number of rotatable bonds is 5. The number of para-hydroxylation sites is 1. The van der Waals surface area contributed by atoms with Crippen LogP contribution in [0.5, 0.6) is 0 Å². The van der Waals surface area contributed by atoms with Crippen LogP contribution >= 0.6 is 0 Å². The minimum Gasteiger partial charge on any atom is -0.245 e. The van der Waals surface area contributed by atoms with Crippen LogP contribution in [0.4, 0.5) is 0 Å². The number of nitrogens with zero attached hydrogens (tertiary/aromatic N) is 3. The zero-order valence-electron chi connectivity index (χ0n) is 16.9. The highest BCUT2D eigenvalue weighted by Gasteiger charge is 2.25. The standard InChI is InChI=1S/C23H27N3O2/c1-17(2)9-8-10-18(3)13-14-21-19(4)15-16-24-22(27)25(23(28)26(21)24)20-11-6-5-7-12-20/h5-15,18,21H,16H2,1-4H3/b10-8-,14-13+. The number of aromatic nitrogens is 3. The molecule has 2 atom stereocenters. The molecule has 1 aromatic carbocycles. The Hall–Kier alpha value is -3.08. The van der Waals surface area contributed by atoms with Crippen LogP contribution in [0.25, 0.3) is 5.69 Å². The predicted molar refractivity (Wildman–Crippen MR) is 114 cm³/mol. The second-order valence-corrected chi connectivity index (χ2v) is 7.43. The van der Waals surface area contributed by atoms with Crippen LogP contribution in [0.15, 0.2) is 87.5 Å². The molecule has 1 aromatic heterocycles. The van der Waals surface area contributed by atoms with Gasteiger partial charge in [-0.05, 0) is 44.4 Å². The van der Waals surface area contributed by atoms with E-state index in [2.05, 4.69) is 39.0 Å². The first-order valence-corrected chi connectivity index (χ1v) is 9.56. The summed E-state index contributed by atoms with van der Waals surface area (Å²) in [5.41, 5.74) is 2.27. The normalized spacial score (nSPS) is 17.6. The summed E-state index contributed by atoms with van der Waals surface area (Å²) in [4.78, 5) is 26.0. The minimum atomic E-state index is -0.314. The Bertz CT molecular complexity index is 1070. The van der Waals surface area contributed by atoms with Crippen molar-refractivity contribution in [2.45, 2.75) is 40.3 Å². The lowest BCUT2D eigenvalue weighted by Gasteiger charge is -2.22. The number of benzene rings is 1. The van der Waals surface area contributed by atoms with Crippen LogP contribution in [-0.4, -0.2) is 13.9 Å². The van der Waals surface area contributed by atoms with Crippen molar-refractivity contribution in [1.82, 2.24) is 13.9 Å². The van der Waals surface area contributed by atoms with E-state index >= 15 is 0 Å². The van der Waals surface area contributed by atoms with E-state index in [9.17, 15) is 9.59 Å². The molecule has 2 heterocycles. The van der Waals surface area contributed by atoms with Crippen LogP contribution in [0.2, 0.25) is 0 Å². The molecule has 0 radical (unpaired) electrons. The summed E-state index contributed by atoms with van der Waals surface area (Å²) in [6.45, 7) is 8.62. The molecule has 0 spiro atoms. The van der Waals surface area contributed by atoms with E-state index in [-0.39, 0.29) is 23.3 Å². The molecule has 146 valence electrons. The maximum atomic E-state index is 13.1. The van der Waals surface area contributed by atoms with Gasteiger partial charge in [0.15, 0.2) is 0 Å². The molecular weight excluding hydrogens is 350 g/mol. The Morgan fingerprint density at radius 3 is 2.50 bits per heavy atom. The third-order valence-electron chi connectivity index (χ3n) is 4.83. The Kier molecular flexibility index (Phi) is 5.83. The van der Waals surface area contributed by atoms with Gasteiger partial charge in [-0.15, -0.1) is 0 Å². The van der Waals surface area contributed by atoms with E-state index in [0.29, 0.717) is 12.2 Å². The van der Waals surface area contributed by atoms with Crippen LogP contribution < -0.4 is 11.4 Å². The van der Waals surface area contributed by atoms with Crippen LogP contribution in [0, 0.1) is 5.92 Å². The van der Waals surface area contributed by atoms with Crippen molar-refractivity contribution >= 4 is 0 Å². The Morgan fingerprint density at radius 2 is 1.82 bits per heavy atom. The molecule has 0 saturated heterocycles. The third-order valence-corrected chi connectivity index (χ3v) is 4.83. The smallest absolute Gasteiger partial charge is 0.245 e. The molecule has 2 unspecified atom stereocenters. The highest BCUT2D eigenvalue weighted by molar-refractivity contribution is 5.31. The molecule has 1 aliphatic rings. The van der Waals surface area contributed by atoms with Crippen molar-refractivity contribution < 1.29 is 0 Å². The highest BCUT2D eigenvalue weighted by atomic mass is 16.2. The fourth-order valence-electron chi connectivity index (χ4n) is 3.27. The molecule has 0 aliphatic carbocycles. The van der Waals surface area contributed by atoms with E-state index in [1.807, 2.05) is 43.4 Å². The topological polar surface area (TPSA) is 48.9 Å². The van der Waals surface area contributed by atoms with Crippen molar-refractivity contribution in [1.29, 1.82) is 0 Å². The highest BCUT2D eigenvalue weighted by Crippen LogP contribution is 2.22. The fourth-order valence-corrected chi connectivity index (χ4v) is 3.27.